The summed E-state index contributed by atoms with van der Waals surface area (Å²) < 4.78 is 6.68. The van der Waals surface area contributed by atoms with Crippen molar-refractivity contribution in [2.45, 2.75) is 19.9 Å². The molecule has 0 saturated heterocycles. The van der Waals surface area contributed by atoms with Crippen LogP contribution < -0.4 is 21.5 Å². The molecule has 0 aliphatic rings. The monoisotopic (exact) mass is 447 g/mol. The Labute approximate surface area is 187 Å². The van der Waals surface area contributed by atoms with Crippen LogP contribution in [0.5, 0.6) is 0 Å². The lowest BCUT2D eigenvalue weighted by Gasteiger charge is -2.09. The SMILES string of the molecule is CCc1c(C(=O)Nc2ccc(NC(=O)NCc3ccco3)cc2)cnn1-c1ccc(=O)[nH]n1. The second-order valence-corrected chi connectivity index (χ2v) is 6.97. The molecular weight excluding hydrogens is 426 g/mol. The molecule has 0 bridgehead atoms. The normalized spacial score (nSPS) is 10.6. The van der Waals surface area contributed by atoms with Gasteiger partial charge in [-0.3, -0.25) is 9.59 Å². The molecule has 168 valence electrons. The molecule has 4 rings (SSSR count). The summed E-state index contributed by atoms with van der Waals surface area (Å²) in [5, 5.41) is 18.8. The Morgan fingerprint density at radius 1 is 1.06 bits per heavy atom. The number of anilines is 2. The molecule has 3 heterocycles. The van der Waals surface area contributed by atoms with Crippen molar-refractivity contribution in [3.63, 3.8) is 0 Å². The minimum Gasteiger partial charge on any atom is -0.467 e. The maximum atomic E-state index is 12.8. The summed E-state index contributed by atoms with van der Waals surface area (Å²) in [5.74, 6) is 0.722. The molecule has 0 atom stereocenters. The minimum atomic E-state index is -0.376. The molecule has 11 heteroatoms. The van der Waals surface area contributed by atoms with Gasteiger partial charge in [-0.15, -0.1) is 0 Å². The van der Waals surface area contributed by atoms with Crippen LogP contribution in [0.15, 0.2) is 70.2 Å². The fourth-order valence-electron chi connectivity index (χ4n) is 3.15. The molecule has 4 N–H and O–H groups in total. The van der Waals surface area contributed by atoms with Gasteiger partial charge in [0.05, 0.1) is 30.3 Å². The van der Waals surface area contributed by atoms with Gasteiger partial charge in [0.25, 0.3) is 11.5 Å². The lowest BCUT2D eigenvalue weighted by molar-refractivity contribution is 0.102. The van der Waals surface area contributed by atoms with Crippen LogP contribution in [-0.2, 0) is 13.0 Å². The van der Waals surface area contributed by atoms with Crippen molar-refractivity contribution in [1.29, 1.82) is 0 Å². The van der Waals surface area contributed by atoms with E-state index in [-0.39, 0.29) is 24.0 Å². The second-order valence-electron chi connectivity index (χ2n) is 6.97. The third-order valence-corrected chi connectivity index (χ3v) is 4.73. The molecule has 1 aromatic carbocycles. The number of carbonyl (C=O) groups excluding carboxylic acids is 2. The maximum absolute atomic E-state index is 12.8. The summed E-state index contributed by atoms with van der Waals surface area (Å²) >= 11 is 0. The van der Waals surface area contributed by atoms with E-state index in [0.29, 0.717) is 40.6 Å². The molecule has 0 fully saturated rings. The summed E-state index contributed by atoms with van der Waals surface area (Å²) in [6.45, 7) is 2.17. The van der Waals surface area contributed by atoms with Crippen LogP contribution in [-0.4, -0.2) is 31.9 Å². The van der Waals surface area contributed by atoms with Crippen LogP contribution in [0.2, 0.25) is 0 Å². The third kappa shape index (κ3) is 5.15. The number of carbonyl (C=O) groups is 2. The number of rotatable bonds is 7. The van der Waals surface area contributed by atoms with E-state index in [2.05, 4.69) is 31.2 Å². The van der Waals surface area contributed by atoms with Crippen molar-refractivity contribution in [1.82, 2.24) is 25.3 Å². The van der Waals surface area contributed by atoms with Crippen LogP contribution in [0.1, 0.15) is 28.7 Å². The predicted octanol–water partition coefficient (Wildman–Crippen LogP) is 2.69. The quantitative estimate of drug-likeness (QED) is 0.342. The van der Waals surface area contributed by atoms with Crippen LogP contribution in [0.3, 0.4) is 0 Å². The summed E-state index contributed by atoms with van der Waals surface area (Å²) in [5.41, 5.74) is 1.84. The maximum Gasteiger partial charge on any atom is 0.319 e. The molecular formula is C22H21N7O4. The summed E-state index contributed by atoms with van der Waals surface area (Å²) in [4.78, 5) is 36.1. The smallest absolute Gasteiger partial charge is 0.319 e. The molecule has 0 aliphatic heterocycles. The molecule has 4 aromatic rings. The Morgan fingerprint density at radius 3 is 2.45 bits per heavy atom. The summed E-state index contributed by atoms with van der Waals surface area (Å²) in [6.07, 6.45) is 3.52. The molecule has 0 radical (unpaired) electrons. The summed E-state index contributed by atoms with van der Waals surface area (Å²) in [6, 6.07) is 12.7. The first-order valence-corrected chi connectivity index (χ1v) is 10.1. The van der Waals surface area contributed by atoms with Crippen molar-refractivity contribution < 1.29 is 14.0 Å². The zero-order chi connectivity index (χ0) is 23.2. The first-order chi connectivity index (χ1) is 16.0. The van der Waals surface area contributed by atoms with Gasteiger partial charge in [-0.1, -0.05) is 6.92 Å². The van der Waals surface area contributed by atoms with Crippen molar-refractivity contribution in [3.05, 3.63) is 88.4 Å². The number of nitrogens with zero attached hydrogens (tertiary/aromatic N) is 3. The lowest BCUT2D eigenvalue weighted by Crippen LogP contribution is -2.27. The second kappa shape index (κ2) is 9.64. The van der Waals surface area contributed by atoms with Gasteiger partial charge in [-0.2, -0.15) is 10.2 Å². The van der Waals surface area contributed by atoms with Gasteiger partial charge in [0, 0.05) is 17.4 Å². The fourth-order valence-corrected chi connectivity index (χ4v) is 3.15. The Balaban J connectivity index is 1.39. The van der Waals surface area contributed by atoms with Gasteiger partial charge >= 0.3 is 6.03 Å². The number of aromatic amines is 1. The number of hydrogen-bond acceptors (Lipinski definition) is 6. The Hall–Kier alpha value is -4.67. The van der Waals surface area contributed by atoms with Gasteiger partial charge in [0.1, 0.15) is 5.76 Å². The molecule has 0 unspecified atom stereocenters. The van der Waals surface area contributed by atoms with Gasteiger partial charge in [0.2, 0.25) is 0 Å². The van der Waals surface area contributed by atoms with Crippen molar-refractivity contribution in [3.8, 4) is 5.82 Å². The number of urea groups is 1. The molecule has 0 aliphatic carbocycles. The number of amides is 3. The van der Waals surface area contributed by atoms with E-state index in [4.69, 9.17) is 4.42 Å². The van der Waals surface area contributed by atoms with Crippen molar-refractivity contribution >= 4 is 23.3 Å². The summed E-state index contributed by atoms with van der Waals surface area (Å²) in [7, 11) is 0. The first-order valence-electron chi connectivity index (χ1n) is 10.1. The molecule has 33 heavy (non-hydrogen) atoms. The predicted molar refractivity (Wildman–Crippen MR) is 120 cm³/mol. The van der Waals surface area contributed by atoms with E-state index in [0.717, 1.165) is 0 Å². The number of hydrogen-bond donors (Lipinski definition) is 4. The highest BCUT2D eigenvalue weighted by molar-refractivity contribution is 6.05. The molecule has 0 spiro atoms. The van der Waals surface area contributed by atoms with Crippen molar-refractivity contribution in [2.24, 2.45) is 0 Å². The van der Waals surface area contributed by atoms with Gasteiger partial charge in [-0.05, 0) is 48.9 Å². The van der Waals surface area contributed by atoms with Gasteiger partial charge in [0.15, 0.2) is 5.82 Å². The highest BCUT2D eigenvalue weighted by Gasteiger charge is 2.18. The van der Waals surface area contributed by atoms with Crippen LogP contribution in [0.25, 0.3) is 5.82 Å². The van der Waals surface area contributed by atoms with E-state index in [1.54, 1.807) is 36.4 Å². The van der Waals surface area contributed by atoms with Crippen molar-refractivity contribution in [2.75, 3.05) is 10.6 Å². The number of furan rings is 1. The largest absolute Gasteiger partial charge is 0.467 e. The average molecular weight is 447 g/mol. The highest BCUT2D eigenvalue weighted by atomic mass is 16.3. The molecule has 11 nitrogen and oxygen atoms in total. The average Bonchev–Trinajstić information content (AvgIpc) is 3.49. The van der Waals surface area contributed by atoms with Crippen LogP contribution in [0, 0.1) is 0 Å². The fraction of sp³-hybridized carbons (Fsp3) is 0.136. The number of nitrogens with one attached hydrogen (secondary N) is 4. The van der Waals surface area contributed by atoms with E-state index in [9.17, 15) is 14.4 Å². The van der Waals surface area contributed by atoms with E-state index >= 15 is 0 Å². The van der Waals surface area contributed by atoms with Crippen LogP contribution in [0.4, 0.5) is 16.2 Å². The topological polar surface area (TPSA) is 147 Å². The van der Waals surface area contributed by atoms with Gasteiger partial charge < -0.3 is 20.4 Å². The van der Waals surface area contributed by atoms with Crippen LogP contribution >= 0.6 is 0 Å². The zero-order valence-corrected chi connectivity index (χ0v) is 17.7. The number of benzene rings is 1. The van der Waals surface area contributed by atoms with Gasteiger partial charge in [-0.25, -0.2) is 14.6 Å². The standard InChI is InChI=1S/C22H21N7O4/c1-2-18-17(13-24-29(18)19-9-10-20(30)28-27-19)21(31)25-14-5-7-15(8-6-14)26-22(32)23-12-16-4-3-11-33-16/h3-11,13H,2,12H2,1H3,(H,25,31)(H,28,30)(H2,23,26,32). The molecule has 3 aromatic heterocycles. The zero-order valence-electron chi connectivity index (χ0n) is 17.7. The van der Waals surface area contributed by atoms with E-state index in [1.165, 1.54) is 29.3 Å². The Bertz CT molecular complexity index is 1290. The number of aromatic nitrogens is 4. The lowest BCUT2D eigenvalue weighted by atomic mass is 10.2. The third-order valence-electron chi connectivity index (χ3n) is 4.73. The van der Waals surface area contributed by atoms with E-state index < -0.39 is 0 Å². The Kier molecular flexibility index (Phi) is 6.30. The van der Waals surface area contributed by atoms with E-state index in [1.807, 2.05) is 6.92 Å². The molecule has 0 saturated carbocycles. The highest BCUT2D eigenvalue weighted by Crippen LogP contribution is 2.18. The first kappa shape index (κ1) is 21.6. The minimum absolute atomic E-state index is 0.273. The number of H-pyrrole nitrogens is 1. The molecule has 3 amide bonds. The Morgan fingerprint density at radius 2 is 1.82 bits per heavy atom.